The maximum absolute atomic E-state index is 12.9. The third-order valence-electron chi connectivity index (χ3n) is 7.30. The SMILES string of the molecule is CN(C(=O)CCc1c[nH]c2ccccc12)C1C2CC3CC(C2)CC1C3. The highest BCUT2D eigenvalue weighted by atomic mass is 16.2. The van der Waals surface area contributed by atoms with Gasteiger partial charge in [-0.1, -0.05) is 18.2 Å². The van der Waals surface area contributed by atoms with Crippen molar-refractivity contribution in [3.8, 4) is 0 Å². The second-order valence-electron chi connectivity index (χ2n) is 8.79. The number of hydrogen-bond donors (Lipinski definition) is 1. The number of fused-ring (bicyclic) bond motifs is 1. The highest BCUT2D eigenvalue weighted by Gasteiger charge is 2.50. The number of carbonyl (C=O) groups is 1. The van der Waals surface area contributed by atoms with Crippen LogP contribution in [0, 0.1) is 23.7 Å². The first kappa shape index (κ1) is 15.5. The average molecular weight is 336 g/mol. The minimum absolute atomic E-state index is 0.336. The maximum Gasteiger partial charge on any atom is 0.222 e. The molecule has 0 radical (unpaired) electrons. The zero-order valence-corrected chi connectivity index (χ0v) is 15.1. The Morgan fingerprint density at radius 3 is 2.48 bits per heavy atom. The largest absolute Gasteiger partial charge is 0.361 e. The van der Waals surface area contributed by atoms with Gasteiger partial charge < -0.3 is 9.88 Å². The molecule has 4 fully saturated rings. The summed E-state index contributed by atoms with van der Waals surface area (Å²) in [4.78, 5) is 18.4. The molecule has 4 aliphatic rings. The average Bonchev–Trinajstić information content (AvgIpc) is 3.02. The van der Waals surface area contributed by atoms with E-state index in [0.29, 0.717) is 18.4 Å². The van der Waals surface area contributed by atoms with Gasteiger partial charge in [-0.05, 0) is 73.8 Å². The second kappa shape index (κ2) is 5.89. The van der Waals surface area contributed by atoms with E-state index in [-0.39, 0.29) is 0 Å². The second-order valence-corrected chi connectivity index (χ2v) is 8.79. The molecule has 1 N–H and O–H groups in total. The van der Waals surface area contributed by atoms with Crippen LogP contribution >= 0.6 is 0 Å². The Morgan fingerprint density at radius 1 is 1.08 bits per heavy atom. The van der Waals surface area contributed by atoms with Gasteiger partial charge in [-0.25, -0.2) is 0 Å². The molecular weight excluding hydrogens is 308 g/mol. The zero-order chi connectivity index (χ0) is 17.0. The summed E-state index contributed by atoms with van der Waals surface area (Å²) in [5.74, 6) is 3.82. The van der Waals surface area contributed by atoms with Gasteiger partial charge in [0.1, 0.15) is 0 Å². The number of carbonyl (C=O) groups excluding carboxylic acids is 1. The van der Waals surface area contributed by atoms with Crippen molar-refractivity contribution in [1.29, 1.82) is 0 Å². The van der Waals surface area contributed by atoms with E-state index in [1.807, 2.05) is 6.07 Å². The van der Waals surface area contributed by atoms with Gasteiger partial charge in [-0.3, -0.25) is 4.79 Å². The van der Waals surface area contributed by atoms with E-state index in [2.05, 4.69) is 41.3 Å². The number of aryl methyl sites for hydroxylation is 1. The van der Waals surface area contributed by atoms with E-state index in [1.54, 1.807) is 0 Å². The number of hydrogen-bond acceptors (Lipinski definition) is 1. The summed E-state index contributed by atoms with van der Waals surface area (Å²) in [7, 11) is 2.07. The molecule has 4 aliphatic carbocycles. The normalized spacial score (nSPS) is 33.1. The highest BCUT2D eigenvalue weighted by Crippen LogP contribution is 2.55. The first-order chi connectivity index (χ1) is 12.2. The predicted molar refractivity (Wildman–Crippen MR) is 100 cm³/mol. The molecule has 0 saturated heterocycles. The van der Waals surface area contributed by atoms with Crippen LogP contribution in [0.5, 0.6) is 0 Å². The lowest BCUT2D eigenvalue weighted by atomic mass is 9.54. The van der Waals surface area contributed by atoms with Crippen molar-refractivity contribution >= 4 is 16.8 Å². The molecular formula is C22H28N2O. The molecule has 1 aromatic carbocycles. The molecule has 2 aromatic rings. The standard InChI is InChI=1S/C22H28N2O/c1-24(22-17-9-14-8-15(11-17)12-18(22)10-14)21(25)7-6-16-13-23-20-5-3-2-4-19(16)20/h2-5,13-15,17-18,22-23H,6-12H2,1H3. The Balaban J connectivity index is 1.27. The minimum Gasteiger partial charge on any atom is -0.361 e. The predicted octanol–water partition coefficient (Wildman–Crippen LogP) is 4.38. The third-order valence-corrected chi connectivity index (χ3v) is 7.30. The molecule has 0 aliphatic heterocycles. The number of aromatic nitrogens is 1. The number of para-hydroxylation sites is 1. The van der Waals surface area contributed by atoms with Gasteiger partial charge in [-0.15, -0.1) is 0 Å². The van der Waals surface area contributed by atoms with Crippen LogP contribution < -0.4 is 0 Å². The van der Waals surface area contributed by atoms with Crippen molar-refractivity contribution in [2.24, 2.45) is 23.7 Å². The first-order valence-corrected chi connectivity index (χ1v) is 9.99. The summed E-state index contributed by atoms with van der Waals surface area (Å²) in [6.45, 7) is 0. The molecule has 0 unspecified atom stereocenters. The number of aromatic amines is 1. The highest BCUT2D eigenvalue weighted by molar-refractivity contribution is 5.84. The van der Waals surface area contributed by atoms with Crippen molar-refractivity contribution in [3.63, 3.8) is 0 Å². The minimum atomic E-state index is 0.336. The van der Waals surface area contributed by atoms with Crippen LogP contribution in [-0.4, -0.2) is 28.9 Å². The van der Waals surface area contributed by atoms with Crippen LogP contribution in [0.15, 0.2) is 30.5 Å². The molecule has 1 heterocycles. The molecule has 132 valence electrons. The van der Waals surface area contributed by atoms with Crippen LogP contribution in [-0.2, 0) is 11.2 Å². The number of benzene rings is 1. The molecule has 4 bridgehead atoms. The van der Waals surface area contributed by atoms with E-state index in [4.69, 9.17) is 0 Å². The van der Waals surface area contributed by atoms with Crippen molar-refractivity contribution in [2.75, 3.05) is 7.05 Å². The lowest BCUT2D eigenvalue weighted by molar-refractivity contribution is -0.141. The molecule has 25 heavy (non-hydrogen) atoms. The van der Waals surface area contributed by atoms with Crippen molar-refractivity contribution in [3.05, 3.63) is 36.0 Å². The van der Waals surface area contributed by atoms with Crippen LogP contribution in [0.3, 0.4) is 0 Å². The molecule has 3 heteroatoms. The van der Waals surface area contributed by atoms with E-state index >= 15 is 0 Å². The summed E-state index contributed by atoms with van der Waals surface area (Å²) >= 11 is 0. The van der Waals surface area contributed by atoms with Gasteiger partial charge in [-0.2, -0.15) is 0 Å². The van der Waals surface area contributed by atoms with E-state index in [1.165, 1.54) is 48.6 Å². The maximum atomic E-state index is 12.9. The molecule has 0 atom stereocenters. The Kier molecular flexibility index (Phi) is 3.65. The summed E-state index contributed by atoms with van der Waals surface area (Å²) < 4.78 is 0. The van der Waals surface area contributed by atoms with Crippen LogP contribution in [0.4, 0.5) is 0 Å². The van der Waals surface area contributed by atoms with E-state index in [0.717, 1.165) is 30.1 Å². The van der Waals surface area contributed by atoms with Gasteiger partial charge in [0.05, 0.1) is 0 Å². The fraction of sp³-hybridized carbons (Fsp3) is 0.591. The smallest absolute Gasteiger partial charge is 0.222 e. The fourth-order valence-corrected chi connectivity index (χ4v) is 6.45. The van der Waals surface area contributed by atoms with Gasteiger partial charge in [0.25, 0.3) is 0 Å². The number of nitrogens with zero attached hydrogens (tertiary/aromatic N) is 1. The number of nitrogens with one attached hydrogen (secondary N) is 1. The van der Waals surface area contributed by atoms with Gasteiger partial charge in [0.2, 0.25) is 5.91 Å². The molecule has 0 spiro atoms. The Hall–Kier alpha value is -1.77. The third kappa shape index (κ3) is 2.59. The van der Waals surface area contributed by atoms with Gasteiger partial charge >= 0.3 is 0 Å². The molecule has 1 aromatic heterocycles. The molecule has 1 amide bonds. The summed E-state index contributed by atoms with van der Waals surface area (Å²) in [6.07, 6.45) is 10.5. The Bertz CT molecular complexity index is 764. The summed E-state index contributed by atoms with van der Waals surface area (Å²) in [6, 6.07) is 8.88. The van der Waals surface area contributed by atoms with Crippen molar-refractivity contribution < 1.29 is 4.79 Å². The zero-order valence-electron chi connectivity index (χ0n) is 15.1. The van der Waals surface area contributed by atoms with Crippen LogP contribution in [0.25, 0.3) is 10.9 Å². The quantitative estimate of drug-likeness (QED) is 0.883. The number of H-pyrrole nitrogens is 1. The molecule has 6 rings (SSSR count). The van der Waals surface area contributed by atoms with E-state index < -0.39 is 0 Å². The molecule has 4 saturated carbocycles. The Labute approximate surface area is 149 Å². The summed E-state index contributed by atoms with van der Waals surface area (Å²) in [5, 5.41) is 1.26. The monoisotopic (exact) mass is 336 g/mol. The summed E-state index contributed by atoms with van der Waals surface area (Å²) in [5.41, 5.74) is 2.43. The van der Waals surface area contributed by atoms with E-state index in [9.17, 15) is 4.79 Å². The fourth-order valence-electron chi connectivity index (χ4n) is 6.45. The van der Waals surface area contributed by atoms with Crippen molar-refractivity contribution in [1.82, 2.24) is 9.88 Å². The lowest BCUT2D eigenvalue weighted by Gasteiger charge is -2.56. The Morgan fingerprint density at radius 2 is 1.76 bits per heavy atom. The number of amides is 1. The topological polar surface area (TPSA) is 36.1 Å². The number of rotatable bonds is 4. The van der Waals surface area contributed by atoms with Crippen molar-refractivity contribution in [2.45, 2.75) is 51.0 Å². The van der Waals surface area contributed by atoms with Gasteiger partial charge in [0.15, 0.2) is 0 Å². The lowest BCUT2D eigenvalue weighted by Crippen LogP contribution is -2.56. The first-order valence-electron chi connectivity index (χ1n) is 9.99. The molecule has 3 nitrogen and oxygen atoms in total. The van der Waals surface area contributed by atoms with Crippen LogP contribution in [0.2, 0.25) is 0 Å². The van der Waals surface area contributed by atoms with Gasteiger partial charge in [0, 0.05) is 36.6 Å². The van der Waals surface area contributed by atoms with Crippen LogP contribution in [0.1, 0.15) is 44.1 Å².